The Hall–Kier alpha value is -4.82. The number of benzene rings is 5. The number of aryl methyl sites for hydroxylation is 1. The molecule has 2 N–H and O–H groups in total. The molecule has 0 aliphatic carbocycles. The van der Waals surface area contributed by atoms with Crippen LogP contribution in [0.5, 0.6) is 5.75 Å². The zero-order valence-corrected chi connectivity index (χ0v) is 24.4. The molecule has 1 aliphatic heterocycles. The van der Waals surface area contributed by atoms with Crippen molar-refractivity contribution >= 4 is 55.1 Å². The zero-order valence-electron chi connectivity index (χ0n) is 24.4. The minimum atomic E-state index is -0.176. The average molecular weight is 575 g/mol. The molecule has 0 unspecified atom stereocenters. The number of anilines is 2. The number of piperazine rings is 1. The van der Waals surface area contributed by atoms with Crippen molar-refractivity contribution in [2.45, 2.75) is 13.3 Å². The Labute approximate surface area is 248 Å². The monoisotopic (exact) mass is 574 g/mol. The fourth-order valence-corrected chi connectivity index (χ4v) is 6.33. The maximum Gasteiger partial charge on any atom is 0.196 e. The Morgan fingerprint density at radius 3 is 2.35 bits per heavy atom. The SMILES string of the molecule is COc1ccccc1N1CCN(CCCNc2cc3oc4ccc(C)cc4[nH]c3c3c(=O)c4ccccc4c(=O)c23)CC1. The summed E-state index contributed by atoms with van der Waals surface area (Å²) in [7, 11) is 1.71. The first-order valence-electron chi connectivity index (χ1n) is 14.8. The number of ether oxygens (including phenoxy) is 1. The number of nitrogens with zero attached hydrogens (tertiary/aromatic N) is 2. The van der Waals surface area contributed by atoms with Crippen LogP contribution >= 0.6 is 0 Å². The molecule has 218 valence electrons. The molecule has 0 radical (unpaired) electrons. The third kappa shape index (κ3) is 4.87. The second kappa shape index (κ2) is 11.1. The van der Waals surface area contributed by atoms with Crippen LogP contribution in [0.2, 0.25) is 0 Å². The lowest BCUT2D eigenvalue weighted by Gasteiger charge is -2.36. The molecule has 43 heavy (non-hydrogen) atoms. The molecule has 8 nitrogen and oxygen atoms in total. The lowest BCUT2D eigenvalue weighted by atomic mass is 9.99. The molecule has 0 amide bonds. The number of fused-ring (bicyclic) bond motifs is 5. The van der Waals surface area contributed by atoms with E-state index < -0.39 is 0 Å². The van der Waals surface area contributed by atoms with E-state index in [0.29, 0.717) is 50.5 Å². The molecule has 0 spiro atoms. The summed E-state index contributed by atoms with van der Waals surface area (Å²) in [6.45, 7) is 7.40. The molecule has 7 rings (SSSR count). The third-order valence-corrected chi connectivity index (χ3v) is 8.54. The number of aromatic amines is 1. The smallest absolute Gasteiger partial charge is 0.196 e. The van der Waals surface area contributed by atoms with Crippen molar-refractivity contribution in [1.29, 1.82) is 0 Å². The number of para-hydroxylation sites is 2. The quantitative estimate of drug-likeness (QED) is 0.140. The lowest BCUT2D eigenvalue weighted by Crippen LogP contribution is -2.46. The van der Waals surface area contributed by atoms with E-state index in [9.17, 15) is 9.59 Å². The van der Waals surface area contributed by atoms with Crippen LogP contribution in [0.4, 0.5) is 11.4 Å². The number of nitrogens with one attached hydrogen (secondary N) is 2. The highest BCUT2D eigenvalue weighted by atomic mass is 16.5. The first-order valence-corrected chi connectivity index (χ1v) is 14.8. The van der Waals surface area contributed by atoms with Crippen molar-refractivity contribution in [3.63, 3.8) is 0 Å². The summed E-state index contributed by atoms with van der Waals surface area (Å²) in [6, 6.07) is 23.0. The van der Waals surface area contributed by atoms with Crippen molar-refractivity contribution in [2.24, 2.45) is 0 Å². The van der Waals surface area contributed by atoms with Crippen LogP contribution in [0.15, 0.2) is 86.8 Å². The van der Waals surface area contributed by atoms with Gasteiger partial charge in [0.15, 0.2) is 22.0 Å². The predicted octanol–water partition coefficient (Wildman–Crippen LogP) is 5.88. The normalized spacial score (nSPS) is 14.2. The van der Waals surface area contributed by atoms with E-state index in [0.717, 1.165) is 61.7 Å². The molecular formula is C35H34N4O4. The topological polar surface area (TPSA) is 90.8 Å². The molecule has 6 aromatic rings. The largest absolute Gasteiger partial charge is 0.495 e. The van der Waals surface area contributed by atoms with Gasteiger partial charge in [-0.25, -0.2) is 0 Å². The highest BCUT2D eigenvalue weighted by Gasteiger charge is 2.21. The molecule has 1 saturated heterocycles. The fourth-order valence-electron chi connectivity index (χ4n) is 6.33. The number of hydrogen-bond donors (Lipinski definition) is 2. The first kappa shape index (κ1) is 27.0. The first-order chi connectivity index (χ1) is 21.0. The summed E-state index contributed by atoms with van der Waals surface area (Å²) in [5.74, 6) is 0.905. The number of aromatic nitrogens is 1. The van der Waals surface area contributed by atoms with Gasteiger partial charge in [-0.15, -0.1) is 0 Å². The van der Waals surface area contributed by atoms with E-state index >= 15 is 0 Å². The van der Waals surface area contributed by atoms with Crippen molar-refractivity contribution in [1.82, 2.24) is 9.88 Å². The van der Waals surface area contributed by atoms with E-state index in [1.54, 1.807) is 31.4 Å². The van der Waals surface area contributed by atoms with E-state index in [-0.39, 0.29) is 10.9 Å². The van der Waals surface area contributed by atoms with Gasteiger partial charge in [0.05, 0.1) is 34.6 Å². The number of hydrogen-bond acceptors (Lipinski definition) is 7. The van der Waals surface area contributed by atoms with E-state index in [4.69, 9.17) is 9.15 Å². The van der Waals surface area contributed by atoms with Crippen molar-refractivity contribution in [3.8, 4) is 5.75 Å². The number of H-pyrrole nitrogens is 1. The Morgan fingerprint density at radius 1 is 0.860 bits per heavy atom. The highest BCUT2D eigenvalue weighted by Crippen LogP contribution is 2.32. The van der Waals surface area contributed by atoms with Gasteiger partial charge in [0, 0.05) is 55.2 Å². The maximum absolute atomic E-state index is 13.9. The van der Waals surface area contributed by atoms with Gasteiger partial charge < -0.3 is 24.4 Å². The van der Waals surface area contributed by atoms with Gasteiger partial charge in [-0.2, -0.15) is 0 Å². The molecule has 1 fully saturated rings. The summed E-state index contributed by atoms with van der Waals surface area (Å²) >= 11 is 0. The minimum Gasteiger partial charge on any atom is -0.495 e. The Bertz CT molecular complexity index is 2110. The maximum atomic E-state index is 13.9. The van der Waals surface area contributed by atoms with Gasteiger partial charge in [0.2, 0.25) is 0 Å². The second-order valence-electron chi connectivity index (χ2n) is 11.3. The molecule has 0 saturated carbocycles. The Balaban J connectivity index is 1.16. The van der Waals surface area contributed by atoms with E-state index in [1.807, 2.05) is 49.4 Å². The van der Waals surface area contributed by atoms with Crippen LogP contribution in [-0.4, -0.2) is 56.3 Å². The van der Waals surface area contributed by atoms with Crippen LogP contribution < -0.4 is 25.8 Å². The van der Waals surface area contributed by atoms with Gasteiger partial charge in [-0.3, -0.25) is 14.5 Å². The standard InChI is InChI=1S/C35H34N4O4/c1-22-12-13-28-25(20-22)37-33-30(43-28)21-26(31-32(33)35(41)24-9-4-3-8-23(24)34(31)40)36-14-7-15-38-16-18-39(19-17-38)27-10-5-6-11-29(27)42-2/h3-6,8-13,20-21,36-37H,7,14-19H2,1-2H3. The number of methoxy groups -OCH3 is 1. The minimum absolute atomic E-state index is 0.153. The molecule has 1 aliphatic rings. The average Bonchev–Trinajstić information content (AvgIpc) is 3.04. The van der Waals surface area contributed by atoms with E-state index in [2.05, 4.69) is 26.2 Å². The zero-order chi connectivity index (χ0) is 29.5. The second-order valence-corrected chi connectivity index (χ2v) is 11.3. The molecular weight excluding hydrogens is 540 g/mol. The summed E-state index contributed by atoms with van der Waals surface area (Å²) < 4.78 is 11.8. The molecule has 8 heteroatoms. The Morgan fingerprint density at radius 2 is 1.58 bits per heavy atom. The van der Waals surface area contributed by atoms with Crippen LogP contribution in [0, 0.1) is 6.92 Å². The lowest BCUT2D eigenvalue weighted by molar-refractivity contribution is 0.256. The van der Waals surface area contributed by atoms with Gasteiger partial charge in [0.1, 0.15) is 5.75 Å². The van der Waals surface area contributed by atoms with Crippen molar-refractivity contribution < 1.29 is 9.15 Å². The van der Waals surface area contributed by atoms with Gasteiger partial charge in [-0.05, 0) is 49.7 Å². The summed E-state index contributed by atoms with van der Waals surface area (Å²) in [5.41, 5.74) is 5.04. The molecule has 0 atom stereocenters. The summed E-state index contributed by atoms with van der Waals surface area (Å²) in [6.07, 6.45) is 0.889. The molecule has 0 bridgehead atoms. The van der Waals surface area contributed by atoms with Gasteiger partial charge >= 0.3 is 0 Å². The predicted molar refractivity (Wildman–Crippen MR) is 175 cm³/mol. The van der Waals surface area contributed by atoms with Crippen LogP contribution in [0.3, 0.4) is 0 Å². The van der Waals surface area contributed by atoms with Crippen molar-refractivity contribution in [2.75, 3.05) is 56.6 Å². The molecule has 2 heterocycles. The third-order valence-electron chi connectivity index (χ3n) is 8.54. The van der Waals surface area contributed by atoms with Crippen molar-refractivity contribution in [3.05, 3.63) is 98.8 Å². The highest BCUT2D eigenvalue weighted by molar-refractivity contribution is 6.14. The van der Waals surface area contributed by atoms with E-state index in [1.165, 1.54) is 0 Å². The number of rotatable bonds is 7. The Kier molecular flexibility index (Phi) is 6.99. The van der Waals surface area contributed by atoms with Gasteiger partial charge in [-0.1, -0.05) is 42.5 Å². The summed E-state index contributed by atoms with van der Waals surface area (Å²) in [4.78, 5) is 36.0. The molecule has 1 aromatic heterocycles. The van der Waals surface area contributed by atoms with Crippen LogP contribution in [-0.2, 0) is 0 Å². The summed E-state index contributed by atoms with van der Waals surface area (Å²) in [5, 5.41) is 5.11. The van der Waals surface area contributed by atoms with Gasteiger partial charge in [0.25, 0.3) is 0 Å². The fraction of sp³-hybridized carbons (Fsp3) is 0.257. The van der Waals surface area contributed by atoms with Crippen LogP contribution in [0.1, 0.15) is 12.0 Å². The molecule has 5 aromatic carbocycles. The van der Waals surface area contributed by atoms with Crippen LogP contribution in [0.25, 0.3) is 43.7 Å².